The van der Waals surface area contributed by atoms with Gasteiger partial charge in [-0.25, -0.2) is 22.2 Å². The van der Waals surface area contributed by atoms with Crippen LogP contribution in [0.1, 0.15) is 42.5 Å². The molecule has 0 saturated heterocycles. The number of ether oxygens (including phenoxy) is 1. The van der Waals surface area contributed by atoms with E-state index in [1.807, 2.05) is 0 Å². The Kier molecular flexibility index (Phi) is 7.59. The number of halogens is 3. The van der Waals surface area contributed by atoms with E-state index in [-0.39, 0.29) is 46.6 Å². The van der Waals surface area contributed by atoms with Crippen LogP contribution in [0.5, 0.6) is 5.88 Å². The van der Waals surface area contributed by atoms with E-state index in [0.29, 0.717) is 35.6 Å². The molecule has 0 aromatic carbocycles. The van der Waals surface area contributed by atoms with Gasteiger partial charge in [0, 0.05) is 36.0 Å². The smallest absolute Gasteiger partial charge is 0.388 e. The third kappa shape index (κ3) is 6.07. The van der Waals surface area contributed by atoms with Gasteiger partial charge in [0.1, 0.15) is 21.9 Å². The summed E-state index contributed by atoms with van der Waals surface area (Å²) in [6.45, 7) is -3.01. The van der Waals surface area contributed by atoms with Gasteiger partial charge in [-0.15, -0.1) is 16.4 Å². The quantitative estimate of drug-likeness (QED) is 0.328. The minimum absolute atomic E-state index is 0.0413. The zero-order valence-electron chi connectivity index (χ0n) is 20.3. The Balaban J connectivity index is 1.32. The maximum Gasteiger partial charge on any atom is 0.388 e. The molecular weight excluding hydrogens is 565 g/mol. The lowest BCUT2D eigenvalue weighted by molar-refractivity contribution is -0.117. The van der Waals surface area contributed by atoms with Crippen LogP contribution in [-0.4, -0.2) is 54.1 Å². The van der Waals surface area contributed by atoms with E-state index in [1.54, 1.807) is 0 Å². The number of anilines is 2. The van der Waals surface area contributed by atoms with E-state index < -0.39 is 28.8 Å². The molecule has 2 saturated carbocycles. The second kappa shape index (κ2) is 10.6. The molecule has 10 nitrogen and oxygen atoms in total. The zero-order chi connectivity index (χ0) is 27.2. The van der Waals surface area contributed by atoms with Gasteiger partial charge in [0.25, 0.3) is 0 Å². The third-order valence-electron chi connectivity index (χ3n) is 6.71. The molecule has 4 N–H and O–H groups in total. The maximum atomic E-state index is 13.4. The number of amides is 1. The van der Waals surface area contributed by atoms with Crippen LogP contribution in [0, 0.1) is 5.92 Å². The summed E-state index contributed by atoms with van der Waals surface area (Å²) >= 11 is 6.66. The number of aromatic nitrogens is 2. The summed E-state index contributed by atoms with van der Waals surface area (Å²) in [5, 5.41) is 13.2. The van der Waals surface area contributed by atoms with Crippen LogP contribution in [0.2, 0.25) is 0 Å². The van der Waals surface area contributed by atoms with E-state index in [1.165, 1.54) is 29.1 Å². The summed E-state index contributed by atoms with van der Waals surface area (Å²) in [6, 6.07) is 0.567. The summed E-state index contributed by atoms with van der Waals surface area (Å²) in [5.41, 5.74) is 0.601. The fraction of sp³-hybridized carbons (Fsp3) is 0.591. The first kappa shape index (κ1) is 27.1. The zero-order valence-corrected chi connectivity index (χ0v) is 22.7. The number of carbonyl (C=O) groups excluding carboxylic acids is 1. The minimum atomic E-state index is -4.02. The number of thiocarbonyl (C=S) groups is 1. The monoisotopic (exact) mass is 592 g/mol. The largest absolute Gasteiger partial charge is 0.415 e. The summed E-state index contributed by atoms with van der Waals surface area (Å²) in [4.78, 5) is 13.4. The van der Waals surface area contributed by atoms with Crippen molar-refractivity contribution in [1.82, 2.24) is 19.8 Å². The first-order valence-corrected chi connectivity index (χ1v) is 14.9. The van der Waals surface area contributed by atoms with Crippen LogP contribution in [0.15, 0.2) is 11.0 Å². The molecule has 16 heteroatoms. The number of nitrogens with one attached hydrogen (secondary N) is 4. The Morgan fingerprint density at radius 2 is 1.97 bits per heavy atom. The van der Waals surface area contributed by atoms with E-state index in [9.17, 15) is 26.4 Å². The van der Waals surface area contributed by atoms with Gasteiger partial charge in [-0.3, -0.25) is 4.79 Å². The molecule has 2 heterocycles. The van der Waals surface area contributed by atoms with E-state index in [4.69, 9.17) is 12.2 Å². The molecule has 0 bridgehead atoms. The lowest BCUT2D eigenvalue weighted by Crippen LogP contribution is -2.45. The van der Waals surface area contributed by atoms with Crippen molar-refractivity contribution in [3.8, 4) is 5.88 Å². The minimum Gasteiger partial charge on any atom is -0.415 e. The lowest BCUT2D eigenvalue weighted by atomic mass is 9.92. The molecule has 2 aromatic heterocycles. The van der Waals surface area contributed by atoms with Crippen LogP contribution in [0.25, 0.3) is 0 Å². The first-order valence-electron chi connectivity index (χ1n) is 12.2. The molecular formula is C22H27F3N6O4S3. The highest BCUT2D eigenvalue weighted by molar-refractivity contribution is 7.90. The molecule has 0 unspecified atom stereocenters. The molecule has 2 fully saturated rings. The third-order valence-corrected chi connectivity index (χ3v) is 9.90. The van der Waals surface area contributed by atoms with Gasteiger partial charge < -0.3 is 20.7 Å². The molecule has 0 radical (unpaired) electrons. The van der Waals surface area contributed by atoms with Gasteiger partial charge in [0.15, 0.2) is 5.11 Å². The van der Waals surface area contributed by atoms with Crippen molar-refractivity contribution in [2.75, 3.05) is 10.6 Å². The number of hydrogen-bond donors (Lipinski definition) is 4. The topological polar surface area (TPSA) is 126 Å². The molecule has 5 rings (SSSR count). The summed E-state index contributed by atoms with van der Waals surface area (Å²) in [6.07, 6.45) is 2.32. The van der Waals surface area contributed by atoms with Gasteiger partial charge in [0.05, 0.1) is 0 Å². The number of thiophene rings is 1. The highest BCUT2D eigenvalue weighted by Crippen LogP contribution is 2.42. The van der Waals surface area contributed by atoms with Crippen molar-refractivity contribution in [2.45, 2.75) is 74.7 Å². The van der Waals surface area contributed by atoms with Crippen molar-refractivity contribution >= 4 is 55.4 Å². The standard InChI is InChI=1S/C22H27F3N6O4S3/c1-31-16(9-17(29-31)35-21(24)25)27-22(36)26-12-4-5-15-14(8-12)18(20(37-15)28-19(32)10-2-3-10)38(33,34)30-13-6-11(23)7-13/h9-13,21,30H,2-8H2,1H3,(H,28,32)(H2,26,27,36)/t11-,12-,13-/m0/s1. The molecule has 1 atom stereocenters. The van der Waals surface area contributed by atoms with E-state index in [0.717, 1.165) is 17.7 Å². The average molecular weight is 593 g/mol. The number of nitrogens with zero attached hydrogens (tertiary/aromatic N) is 2. The number of carbonyl (C=O) groups is 1. The van der Waals surface area contributed by atoms with Gasteiger partial charge in [-0.05, 0) is 62.7 Å². The Morgan fingerprint density at radius 3 is 2.63 bits per heavy atom. The Morgan fingerprint density at radius 1 is 1.24 bits per heavy atom. The van der Waals surface area contributed by atoms with Crippen molar-refractivity contribution in [1.29, 1.82) is 0 Å². The van der Waals surface area contributed by atoms with Crippen molar-refractivity contribution < 1.29 is 31.1 Å². The van der Waals surface area contributed by atoms with Crippen molar-refractivity contribution in [3.05, 3.63) is 16.5 Å². The number of hydrogen-bond acceptors (Lipinski definition) is 7. The number of alkyl halides is 3. The number of aryl methyl sites for hydroxylation is 2. The molecule has 208 valence electrons. The van der Waals surface area contributed by atoms with Crippen LogP contribution in [0.3, 0.4) is 0 Å². The molecule has 2 aromatic rings. The summed E-state index contributed by atoms with van der Waals surface area (Å²) in [7, 11) is -2.48. The van der Waals surface area contributed by atoms with E-state index >= 15 is 0 Å². The fourth-order valence-electron chi connectivity index (χ4n) is 4.57. The summed E-state index contributed by atoms with van der Waals surface area (Å²) in [5.74, 6) is -0.233. The molecule has 1 amide bonds. The van der Waals surface area contributed by atoms with E-state index in [2.05, 4.69) is 30.5 Å². The average Bonchev–Trinajstić information content (AvgIpc) is 3.51. The number of fused-ring (bicyclic) bond motifs is 1. The number of rotatable bonds is 9. The molecule has 0 aliphatic heterocycles. The highest BCUT2D eigenvalue weighted by atomic mass is 32.2. The predicted molar refractivity (Wildman–Crippen MR) is 139 cm³/mol. The second-order valence-electron chi connectivity index (χ2n) is 9.72. The predicted octanol–water partition coefficient (Wildman–Crippen LogP) is 3.05. The maximum absolute atomic E-state index is 13.4. The van der Waals surface area contributed by atoms with Gasteiger partial charge >= 0.3 is 6.61 Å². The van der Waals surface area contributed by atoms with Gasteiger partial charge in [0.2, 0.25) is 21.8 Å². The lowest BCUT2D eigenvalue weighted by Gasteiger charge is -2.30. The number of sulfonamides is 1. The summed E-state index contributed by atoms with van der Waals surface area (Å²) < 4.78 is 73.4. The molecule has 3 aliphatic carbocycles. The van der Waals surface area contributed by atoms with Crippen molar-refractivity contribution in [3.63, 3.8) is 0 Å². The molecule has 0 spiro atoms. The van der Waals surface area contributed by atoms with Gasteiger partial charge in [-0.1, -0.05) is 0 Å². The Hall–Kier alpha value is -2.43. The van der Waals surface area contributed by atoms with Crippen LogP contribution in [0.4, 0.5) is 24.0 Å². The first-order chi connectivity index (χ1) is 18.0. The van der Waals surface area contributed by atoms with Gasteiger partial charge in [-0.2, -0.15) is 8.78 Å². The second-order valence-corrected chi connectivity index (χ2v) is 12.9. The highest BCUT2D eigenvalue weighted by Gasteiger charge is 2.39. The fourth-order valence-corrected chi connectivity index (χ4v) is 8.08. The normalized spacial score (nSPS) is 22.9. The molecule has 38 heavy (non-hydrogen) atoms. The van der Waals surface area contributed by atoms with Crippen LogP contribution in [-0.2, 0) is 34.7 Å². The van der Waals surface area contributed by atoms with Crippen LogP contribution < -0.4 is 25.4 Å². The Labute approximate surface area is 226 Å². The van der Waals surface area contributed by atoms with Crippen molar-refractivity contribution in [2.24, 2.45) is 13.0 Å². The SMILES string of the molecule is Cn1nc(OC(F)F)cc1NC(=S)N[C@H]1CCc2sc(NC(=O)C3CC3)c(S(=O)(=O)N[C@H]3C[C@H](F)C3)c2C1. The Bertz CT molecular complexity index is 1340. The van der Waals surface area contributed by atoms with Crippen LogP contribution >= 0.6 is 23.6 Å². The molecule has 3 aliphatic rings.